The summed E-state index contributed by atoms with van der Waals surface area (Å²) >= 11 is 0. The molecule has 6 nitrogen and oxygen atoms in total. The van der Waals surface area contributed by atoms with Crippen molar-refractivity contribution in [3.05, 3.63) is 17.7 Å². The molecule has 0 saturated carbocycles. The third kappa shape index (κ3) is 2.22. The lowest BCUT2D eigenvalue weighted by molar-refractivity contribution is 0.354. The average Bonchev–Trinajstić information content (AvgIpc) is 2.84. The van der Waals surface area contributed by atoms with E-state index in [-0.39, 0.29) is 6.04 Å². The molecule has 96 valence electrons. The summed E-state index contributed by atoms with van der Waals surface area (Å²) in [5, 5.41) is 0. The fraction of sp³-hybridized carbons (Fsp3) is 0.700. The van der Waals surface area contributed by atoms with Crippen molar-refractivity contribution in [2.24, 2.45) is 0 Å². The van der Waals surface area contributed by atoms with Crippen molar-refractivity contribution in [3.63, 3.8) is 0 Å². The van der Waals surface area contributed by atoms with Crippen LogP contribution in [0.4, 0.5) is 0 Å². The van der Waals surface area contributed by atoms with E-state index in [2.05, 4.69) is 9.97 Å². The van der Waals surface area contributed by atoms with Gasteiger partial charge in [-0.25, -0.2) is 4.98 Å². The number of H-pyrrole nitrogens is 1. The summed E-state index contributed by atoms with van der Waals surface area (Å²) in [5.41, 5.74) is 0.953. The maximum absolute atomic E-state index is 12.1. The summed E-state index contributed by atoms with van der Waals surface area (Å²) in [6.07, 6.45) is 3.42. The Kier molecular flexibility index (Phi) is 3.24. The van der Waals surface area contributed by atoms with E-state index >= 15 is 0 Å². The van der Waals surface area contributed by atoms with Crippen molar-refractivity contribution in [1.29, 1.82) is 0 Å². The van der Waals surface area contributed by atoms with Crippen LogP contribution in [0.25, 0.3) is 0 Å². The highest BCUT2D eigenvalue weighted by Gasteiger charge is 2.37. The molecule has 7 heteroatoms. The van der Waals surface area contributed by atoms with Crippen LogP contribution in [0.15, 0.2) is 6.20 Å². The zero-order valence-electron chi connectivity index (χ0n) is 10.3. The molecule has 1 N–H and O–H groups in total. The van der Waals surface area contributed by atoms with Crippen LogP contribution in [-0.4, -0.2) is 47.6 Å². The van der Waals surface area contributed by atoms with E-state index in [1.54, 1.807) is 20.3 Å². The van der Waals surface area contributed by atoms with Crippen LogP contribution in [0.5, 0.6) is 0 Å². The average molecular weight is 258 g/mol. The molecule has 1 saturated heterocycles. The van der Waals surface area contributed by atoms with E-state index in [1.165, 1.54) is 8.61 Å². The maximum Gasteiger partial charge on any atom is 0.282 e. The normalized spacial score (nSPS) is 22.5. The molecule has 1 atom stereocenters. The van der Waals surface area contributed by atoms with E-state index in [1.807, 2.05) is 6.92 Å². The highest BCUT2D eigenvalue weighted by Crippen LogP contribution is 2.33. The summed E-state index contributed by atoms with van der Waals surface area (Å²) in [7, 11) is -0.251. The number of aromatic amines is 1. The summed E-state index contributed by atoms with van der Waals surface area (Å²) in [6.45, 7) is 2.47. The zero-order chi connectivity index (χ0) is 12.6. The lowest BCUT2D eigenvalue weighted by Crippen LogP contribution is -2.39. The standard InChI is InChI=1S/C10H18N4O2S/c1-8-7-11-10(12-8)9-5-4-6-14(9)17(15,16)13(2)3/h7,9H,4-6H2,1-3H3,(H,11,12)/t9-/m1/s1. The van der Waals surface area contributed by atoms with Gasteiger partial charge in [-0.1, -0.05) is 0 Å². The van der Waals surface area contributed by atoms with Crippen molar-refractivity contribution in [3.8, 4) is 0 Å². The van der Waals surface area contributed by atoms with E-state index in [0.717, 1.165) is 24.4 Å². The molecule has 0 radical (unpaired) electrons. The topological polar surface area (TPSA) is 69.3 Å². The molecular weight excluding hydrogens is 240 g/mol. The summed E-state index contributed by atoms with van der Waals surface area (Å²) in [5.74, 6) is 0.741. The quantitative estimate of drug-likeness (QED) is 0.866. The van der Waals surface area contributed by atoms with Crippen LogP contribution >= 0.6 is 0 Å². The van der Waals surface area contributed by atoms with Crippen LogP contribution in [0.2, 0.25) is 0 Å². The highest BCUT2D eigenvalue weighted by atomic mass is 32.2. The van der Waals surface area contributed by atoms with Crippen molar-refractivity contribution >= 4 is 10.2 Å². The zero-order valence-corrected chi connectivity index (χ0v) is 11.2. The Balaban J connectivity index is 2.30. The van der Waals surface area contributed by atoms with Crippen LogP contribution in [0.3, 0.4) is 0 Å². The second-order valence-corrected chi connectivity index (χ2v) is 6.61. The molecule has 0 spiro atoms. The van der Waals surface area contributed by atoms with Gasteiger partial charge in [0.15, 0.2) is 0 Å². The summed E-state index contributed by atoms with van der Waals surface area (Å²) < 4.78 is 27.0. The molecule has 0 bridgehead atoms. The molecule has 0 unspecified atom stereocenters. The number of rotatable bonds is 3. The van der Waals surface area contributed by atoms with Gasteiger partial charge in [-0.05, 0) is 19.8 Å². The molecule has 1 aliphatic rings. The molecule has 2 rings (SSSR count). The number of hydrogen-bond donors (Lipinski definition) is 1. The Labute approximate surface area is 102 Å². The van der Waals surface area contributed by atoms with E-state index in [9.17, 15) is 8.42 Å². The van der Waals surface area contributed by atoms with Crippen LogP contribution < -0.4 is 0 Å². The molecule has 1 aromatic heterocycles. The number of hydrogen-bond acceptors (Lipinski definition) is 3. The molecule has 0 aromatic carbocycles. The van der Waals surface area contributed by atoms with E-state index in [4.69, 9.17) is 0 Å². The van der Waals surface area contributed by atoms with Crippen molar-refractivity contribution in [2.45, 2.75) is 25.8 Å². The van der Waals surface area contributed by atoms with Gasteiger partial charge in [0.2, 0.25) is 0 Å². The molecule has 0 aliphatic carbocycles. The molecule has 17 heavy (non-hydrogen) atoms. The molecule has 1 aromatic rings. The first-order chi connectivity index (χ1) is 7.93. The molecule has 0 amide bonds. The van der Waals surface area contributed by atoms with Crippen molar-refractivity contribution in [1.82, 2.24) is 18.6 Å². The summed E-state index contributed by atoms with van der Waals surface area (Å²) in [6, 6.07) is -0.156. The Hall–Kier alpha value is -0.920. The van der Waals surface area contributed by atoms with Gasteiger partial charge in [-0.3, -0.25) is 0 Å². The Morgan fingerprint density at radius 2 is 2.24 bits per heavy atom. The lowest BCUT2D eigenvalue weighted by Gasteiger charge is -2.25. The lowest BCUT2D eigenvalue weighted by atomic mass is 10.2. The second-order valence-electron chi connectivity index (χ2n) is 4.51. The van der Waals surface area contributed by atoms with Gasteiger partial charge in [0, 0.05) is 32.5 Å². The minimum atomic E-state index is -3.36. The third-order valence-electron chi connectivity index (χ3n) is 3.00. The fourth-order valence-corrected chi connectivity index (χ4v) is 3.41. The number of nitrogens with zero attached hydrogens (tertiary/aromatic N) is 3. The first kappa shape index (κ1) is 12.5. The Morgan fingerprint density at radius 3 is 2.76 bits per heavy atom. The smallest absolute Gasteiger partial charge is 0.282 e. The molecule has 2 heterocycles. The third-order valence-corrected chi connectivity index (χ3v) is 4.95. The van der Waals surface area contributed by atoms with Gasteiger partial charge in [0.05, 0.1) is 6.04 Å². The van der Waals surface area contributed by atoms with Crippen molar-refractivity contribution in [2.75, 3.05) is 20.6 Å². The number of aromatic nitrogens is 2. The number of nitrogens with one attached hydrogen (secondary N) is 1. The van der Waals surface area contributed by atoms with E-state index in [0.29, 0.717) is 6.54 Å². The SMILES string of the molecule is Cc1cnc([C@H]2CCCN2S(=O)(=O)N(C)C)[nH]1. The monoisotopic (exact) mass is 258 g/mol. The largest absolute Gasteiger partial charge is 0.345 e. The van der Waals surface area contributed by atoms with Gasteiger partial charge in [-0.15, -0.1) is 0 Å². The van der Waals surface area contributed by atoms with Gasteiger partial charge in [0.25, 0.3) is 10.2 Å². The Morgan fingerprint density at radius 1 is 1.53 bits per heavy atom. The van der Waals surface area contributed by atoms with Crippen molar-refractivity contribution < 1.29 is 8.42 Å². The predicted molar refractivity (Wildman–Crippen MR) is 64.6 cm³/mol. The van der Waals surface area contributed by atoms with Crippen LogP contribution in [-0.2, 0) is 10.2 Å². The molecular formula is C10H18N4O2S. The first-order valence-electron chi connectivity index (χ1n) is 5.63. The van der Waals surface area contributed by atoms with Gasteiger partial charge < -0.3 is 4.98 Å². The van der Waals surface area contributed by atoms with Gasteiger partial charge >= 0.3 is 0 Å². The minimum Gasteiger partial charge on any atom is -0.345 e. The van der Waals surface area contributed by atoms with Gasteiger partial charge in [-0.2, -0.15) is 17.0 Å². The molecule has 1 aliphatic heterocycles. The first-order valence-corrected chi connectivity index (χ1v) is 7.03. The second kappa shape index (κ2) is 4.40. The summed E-state index contributed by atoms with van der Waals surface area (Å²) in [4.78, 5) is 7.36. The minimum absolute atomic E-state index is 0.156. The maximum atomic E-state index is 12.1. The predicted octanol–water partition coefficient (Wildman–Crippen LogP) is 0.661. The number of imidazole rings is 1. The Bertz CT molecular complexity index is 494. The molecule has 1 fully saturated rings. The highest BCUT2D eigenvalue weighted by molar-refractivity contribution is 7.86. The van der Waals surface area contributed by atoms with Crippen LogP contribution in [0, 0.1) is 6.92 Å². The van der Waals surface area contributed by atoms with Gasteiger partial charge in [0.1, 0.15) is 5.82 Å². The number of aryl methyl sites for hydroxylation is 1. The fourth-order valence-electron chi connectivity index (χ4n) is 2.10. The van der Waals surface area contributed by atoms with Crippen LogP contribution in [0.1, 0.15) is 30.4 Å². The van der Waals surface area contributed by atoms with E-state index < -0.39 is 10.2 Å².